The number of hydrogen-bond acceptors (Lipinski definition) is 2. The zero-order valence-electron chi connectivity index (χ0n) is 16.3. The summed E-state index contributed by atoms with van der Waals surface area (Å²) in [5.74, 6) is -0.157. The third-order valence-corrected chi connectivity index (χ3v) is 5.03. The molecular formula is C25H23N3O. The summed E-state index contributed by atoms with van der Waals surface area (Å²) in [6.07, 6.45) is 1.93. The average molecular weight is 381 g/mol. The minimum Gasteiger partial charge on any atom is -0.338 e. The third kappa shape index (κ3) is 4.27. The number of aromatic nitrogens is 1. The number of nitrogens with zero attached hydrogens (tertiary/aromatic N) is 2. The Kier molecular flexibility index (Phi) is 5.52. The summed E-state index contributed by atoms with van der Waals surface area (Å²) in [7, 11) is 0. The maximum Gasteiger partial charge on any atom is 0.259 e. The van der Waals surface area contributed by atoms with Crippen LogP contribution in [0.3, 0.4) is 0 Å². The van der Waals surface area contributed by atoms with E-state index in [9.17, 15) is 4.79 Å². The molecule has 144 valence electrons. The Hall–Kier alpha value is -3.66. The van der Waals surface area contributed by atoms with Gasteiger partial charge >= 0.3 is 0 Å². The van der Waals surface area contributed by atoms with Crippen LogP contribution in [-0.4, -0.2) is 16.2 Å². The fourth-order valence-electron chi connectivity index (χ4n) is 3.65. The Balaban J connectivity index is 1.53. The van der Waals surface area contributed by atoms with Crippen LogP contribution in [0, 0.1) is 0 Å². The second kappa shape index (κ2) is 8.57. The highest BCUT2D eigenvalue weighted by Gasteiger charge is 2.17. The van der Waals surface area contributed by atoms with Gasteiger partial charge in [0.2, 0.25) is 0 Å². The molecular weight excluding hydrogens is 358 g/mol. The normalized spacial score (nSPS) is 11.7. The van der Waals surface area contributed by atoms with Crippen molar-refractivity contribution in [1.29, 1.82) is 0 Å². The van der Waals surface area contributed by atoms with Crippen LogP contribution < -0.4 is 5.43 Å². The van der Waals surface area contributed by atoms with E-state index in [2.05, 4.69) is 34.8 Å². The van der Waals surface area contributed by atoms with Crippen molar-refractivity contribution in [3.63, 3.8) is 0 Å². The molecule has 0 fully saturated rings. The number of carbonyl (C=O) groups is 1. The Morgan fingerprint density at radius 3 is 2.10 bits per heavy atom. The molecule has 4 heteroatoms. The number of benzene rings is 3. The molecule has 0 aliphatic heterocycles. The zero-order valence-corrected chi connectivity index (χ0v) is 16.3. The molecule has 1 amide bonds. The maximum absolute atomic E-state index is 12.5. The third-order valence-electron chi connectivity index (χ3n) is 5.03. The number of para-hydroxylation sites is 1. The molecule has 0 bridgehead atoms. The first-order chi connectivity index (χ1) is 14.2. The molecule has 0 spiro atoms. The van der Waals surface area contributed by atoms with Crippen LogP contribution in [0.1, 0.15) is 24.0 Å². The summed E-state index contributed by atoms with van der Waals surface area (Å²) in [6, 6.07) is 30.5. The van der Waals surface area contributed by atoms with Crippen LogP contribution >= 0.6 is 0 Å². The topological polar surface area (TPSA) is 46.4 Å². The molecule has 0 atom stereocenters. The molecule has 0 aliphatic rings. The molecule has 0 saturated carbocycles. The van der Waals surface area contributed by atoms with Crippen molar-refractivity contribution in [1.82, 2.24) is 9.99 Å². The average Bonchev–Trinajstić information content (AvgIpc) is 3.17. The highest BCUT2D eigenvalue weighted by Crippen LogP contribution is 2.26. The Bertz CT molecular complexity index is 1090. The summed E-state index contributed by atoms with van der Waals surface area (Å²) in [5.41, 5.74) is 6.90. The number of hydrogen-bond donors (Lipinski definition) is 1. The quantitative estimate of drug-likeness (QED) is 0.372. The van der Waals surface area contributed by atoms with E-state index in [0.717, 1.165) is 27.7 Å². The van der Waals surface area contributed by atoms with Gasteiger partial charge < -0.3 is 4.57 Å². The fourth-order valence-corrected chi connectivity index (χ4v) is 3.65. The van der Waals surface area contributed by atoms with Crippen LogP contribution in [0.15, 0.2) is 102 Å². The summed E-state index contributed by atoms with van der Waals surface area (Å²) < 4.78 is 1.93. The summed E-state index contributed by atoms with van der Waals surface area (Å²) in [6.45, 7) is 2.18. The van der Waals surface area contributed by atoms with E-state index in [1.54, 1.807) is 0 Å². The van der Waals surface area contributed by atoms with Crippen LogP contribution in [0.5, 0.6) is 0 Å². The molecule has 3 aromatic carbocycles. The zero-order chi connectivity index (χ0) is 20.1. The summed E-state index contributed by atoms with van der Waals surface area (Å²) in [5, 5.41) is 5.56. The first-order valence-corrected chi connectivity index (χ1v) is 9.69. The molecule has 0 radical (unpaired) electrons. The lowest BCUT2D eigenvalue weighted by atomic mass is 9.88. The van der Waals surface area contributed by atoms with Gasteiger partial charge in [0.15, 0.2) is 0 Å². The number of amides is 1. The Morgan fingerprint density at radius 1 is 0.862 bits per heavy atom. The van der Waals surface area contributed by atoms with E-state index in [-0.39, 0.29) is 18.4 Å². The minimum atomic E-state index is -0.148. The van der Waals surface area contributed by atoms with Gasteiger partial charge in [0.25, 0.3) is 5.91 Å². The van der Waals surface area contributed by atoms with Crippen LogP contribution in [0.2, 0.25) is 0 Å². The van der Waals surface area contributed by atoms with Gasteiger partial charge in [0.1, 0.15) is 6.54 Å². The van der Waals surface area contributed by atoms with E-state index in [1.807, 2.05) is 84.4 Å². The van der Waals surface area contributed by atoms with Crippen molar-refractivity contribution < 1.29 is 4.79 Å². The second-order valence-electron chi connectivity index (χ2n) is 7.04. The monoisotopic (exact) mass is 381 g/mol. The highest BCUT2D eigenvalue weighted by atomic mass is 16.2. The first-order valence-electron chi connectivity index (χ1n) is 9.69. The number of nitrogens with one attached hydrogen (secondary N) is 1. The Labute approximate surface area is 170 Å². The maximum atomic E-state index is 12.5. The van der Waals surface area contributed by atoms with E-state index in [0.29, 0.717) is 0 Å². The van der Waals surface area contributed by atoms with Crippen molar-refractivity contribution >= 4 is 22.5 Å². The van der Waals surface area contributed by atoms with Gasteiger partial charge in [-0.25, -0.2) is 5.43 Å². The summed E-state index contributed by atoms with van der Waals surface area (Å²) in [4.78, 5) is 12.5. The van der Waals surface area contributed by atoms with Crippen molar-refractivity contribution in [2.24, 2.45) is 5.10 Å². The van der Waals surface area contributed by atoms with Crippen molar-refractivity contribution in [3.05, 3.63) is 108 Å². The predicted octanol–water partition coefficient (Wildman–Crippen LogP) is 4.97. The number of hydrazone groups is 1. The van der Waals surface area contributed by atoms with Gasteiger partial charge in [-0.15, -0.1) is 0 Å². The van der Waals surface area contributed by atoms with Gasteiger partial charge in [-0.1, -0.05) is 78.9 Å². The number of fused-ring (bicyclic) bond motifs is 1. The molecule has 29 heavy (non-hydrogen) atoms. The lowest BCUT2D eigenvalue weighted by Crippen LogP contribution is -2.25. The lowest BCUT2D eigenvalue weighted by Gasteiger charge is -2.18. The van der Waals surface area contributed by atoms with Crippen molar-refractivity contribution in [2.45, 2.75) is 19.4 Å². The van der Waals surface area contributed by atoms with Crippen LogP contribution in [0.4, 0.5) is 0 Å². The predicted molar refractivity (Wildman–Crippen MR) is 118 cm³/mol. The molecule has 0 saturated heterocycles. The fraction of sp³-hybridized carbons (Fsp3) is 0.120. The lowest BCUT2D eigenvalue weighted by molar-refractivity contribution is -0.121. The van der Waals surface area contributed by atoms with Gasteiger partial charge in [-0.05, 0) is 35.6 Å². The van der Waals surface area contributed by atoms with E-state index >= 15 is 0 Å². The molecule has 4 rings (SSSR count). The molecule has 0 aliphatic carbocycles. The smallest absolute Gasteiger partial charge is 0.259 e. The summed E-state index contributed by atoms with van der Waals surface area (Å²) >= 11 is 0. The van der Waals surface area contributed by atoms with Crippen LogP contribution in [-0.2, 0) is 11.3 Å². The van der Waals surface area contributed by atoms with Crippen molar-refractivity contribution in [3.8, 4) is 0 Å². The highest BCUT2D eigenvalue weighted by molar-refractivity contribution is 5.93. The van der Waals surface area contributed by atoms with Crippen LogP contribution in [0.25, 0.3) is 10.9 Å². The van der Waals surface area contributed by atoms with E-state index in [1.165, 1.54) is 0 Å². The van der Waals surface area contributed by atoms with E-state index in [4.69, 9.17) is 0 Å². The number of rotatable bonds is 6. The van der Waals surface area contributed by atoms with Gasteiger partial charge in [-0.3, -0.25) is 4.79 Å². The largest absolute Gasteiger partial charge is 0.338 e. The number of carbonyl (C=O) groups excluding carboxylic acids is 1. The molecule has 1 aromatic heterocycles. The van der Waals surface area contributed by atoms with Gasteiger partial charge in [-0.2, -0.15) is 5.10 Å². The molecule has 4 nitrogen and oxygen atoms in total. The minimum absolute atomic E-state index is 0.00916. The molecule has 1 N–H and O–H groups in total. The van der Waals surface area contributed by atoms with Crippen molar-refractivity contribution in [2.75, 3.05) is 0 Å². The van der Waals surface area contributed by atoms with Gasteiger partial charge in [0.05, 0.1) is 0 Å². The van der Waals surface area contributed by atoms with Gasteiger partial charge in [0, 0.05) is 23.3 Å². The molecule has 0 unspecified atom stereocenters. The first kappa shape index (κ1) is 18.7. The SMILES string of the molecule is C/C(=N\NC(=O)Cn1ccc2ccccc21)C(c1ccccc1)c1ccccc1. The Morgan fingerprint density at radius 2 is 1.45 bits per heavy atom. The molecule has 1 heterocycles. The van der Waals surface area contributed by atoms with E-state index < -0.39 is 0 Å². The standard InChI is InChI=1S/C25H23N3O/c1-19(25(21-11-4-2-5-12-21)22-13-6-3-7-14-22)26-27-24(29)18-28-17-16-20-10-8-9-15-23(20)28/h2-17,25H,18H2,1H3,(H,27,29)/b26-19+. The molecule has 4 aromatic rings. The second-order valence-corrected chi connectivity index (χ2v) is 7.04.